The lowest BCUT2D eigenvalue weighted by Gasteiger charge is -2.31. The van der Waals surface area contributed by atoms with Gasteiger partial charge in [0.05, 0.1) is 5.39 Å². The minimum absolute atomic E-state index is 0.230. The molecule has 1 N–H and O–H groups in total. The van der Waals surface area contributed by atoms with Crippen LogP contribution in [0.1, 0.15) is 48.4 Å². The second kappa shape index (κ2) is 5.92. The van der Waals surface area contributed by atoms with Crippen molar-refractivity contribution in [2.45, 2.75) is 52.5 Å². The standard InChI is InChI=1S/C20H25NO3/c1-12-5-4-8-21(10-12)11-16-13(2)9-17-18(19(16)22)14-6-3-7-15(14)20(23)24-17/h9,12,22H,3-8,10-11H2,1-2H3. The molecule has 4 nitrogen and oxygen atoms in total. The zero-order valence-corrected chi connectivity index (χ0v) is 14.5. The van der Waals surface area contributed by atoms with E-state index in [2.05, 4.69) is 11.8 Å². The number of piperidine rings is 1. The van der Waals surface area contributed by atoms with Crippen LogP contribution in [0.2, 0.25) is 0 Å². The maximum absolute atomic E-state index is 12.1. The van der Waals surface area contributed by atoms with Crippen molar-refractivity contribution in [3.8, 4) is 5.75 Å². The number of hydrogen-bond donors (Lipinski definition) is 1. The summed E-state index contributed by atoms with van der Waals surface area (Å²) in [7, 11) is 0. The second-order valence-electron chi connectivity index (χ2n) is 7.58. The van der Waals surface area contributed by atoms with Gasteiger partial charge in [0.1, 0.15) is 11.3 Å². The number of aromatic hydroxyl groups is 1. The first-order valence-corrected chi connectivity index (χ1v) is 9.07. The first-order chi connectivity index (χ1) is 11.5. The third-order valence-corrected chi connectivity index (χ3v) is 5.68. The number of hydrogen-bond acceptors (Lipinski definition) is 4. The molecule has 0 radical (unpaired) electrons. The van der Waals surface area contributed by atoms with E-state index in [4.69, 9.17) is 4.42 Å². The molecule has 1 fully saturated rings. The third kappa shape index (κ3) is 2.53. The van der Waals surface area contributed by atoms with Crippen LogP contribution in [0.15, 0.2) is 15.3 Å². The first-order valence-electron chi connectivity index (χ1n) is 9.07. The highest BCUT2D eigenvalue weighted by atomic mass is 16.4. The van der Waals surface area contributed by atoms with Gasteiger partial charge in [-0.3, -0.25) is 4.90 Å². The summed E-state index contributed by atoms with van der Waals surface area (Å²) in [5, 5.41) is 11.8. The minimum Gasteiger partial charge on any atom is -0.507 e. The zero-order chi connectivity index (χ0) is 16.8. The summed E-state index contributed by atoms with van der Waals surface area (Å²) >= 11 is 0. The van der Waals surface area contributed by atoms with E-state index in [-0.39, 0.29) is 5.63 Å². The Morgan fingerprint density at radius 2 is 2.08 bits per heavy atom. The second-order valence-corrected chi connectivity index (χ2v) is 7.58. The number of aryl methyl sites for hydroxylation is 2. The maximum atomic E-state index is 12.1. The van der Waals surface area contributed by atoms with Gasteiger partial charge < -0.3 is 9.52 Å². The van der Waals surface area contributed by atoms with Crippen molar-refractivity contribution in [3.05, 3.63) is 38.7 Å². The summed E-state index contributed by atoms with van der Waals surface area (Å²) in [6, 6.07) is 1.93. The number of phenolic OH excluding ortho intramolecular Hbond substituents is 1. The SMILES string of the molecule is Cc1cc2oc(=O)c3c(c2c(O)c1CN1CCCC(C)C1)CCC3. The van der Waals surface area contributed by atoms with E-state index in [1.807, 2.05) is 13.0 Å². The number of rotatable bonds is 2. The summed E-state index contributed by atoms with van der Waals surface area (Å²) in [5.74, 6) is 1.04. The molecule has 2 aromatic rings. The predicted molar refractivity (Wildman–Crippen MR) is 94.6 cm³/mol. The van der Waals surface area contributed by atoms with Gasteiger partial charge in [-0.05, 0) is 68.7 Å². The number of likely N-dealkylation sites (tertiary alicyclic amines) is 1. The Bertz CT molecular complexity index is 852. The van der Waals surface area contributed by atoms with Crippen LogP contribution >= 0.6 is 0 Å². The molecule has 2 heterocycles. The van der Waals surface area contributed by atoms with Crippen molar-refractivity contribution in [1.29, 1.82) is 0 Å². The van der Waals surface area contributed by atoms with Crippen LogP contribution < -0.4 is 5.63 Å². The van der Waals surface area contributed by atoms with E-state index < -0.39 is 0 Å². The van der Waals surface area contributed by atoms with Crippen molar-refractivity contribution in [3.63, 3.8) is 0 Å². The summed E-state index contributed by atoms with van der Waals surface area (Å²) in [4.78, 5) is 14.6. The van der Waals surface area contributed by atoms with Gasteiger partial charge in [-0.15, -0.1) is 0 Å². The molecule has 2 aliphatic rings. The molecular formula is C20H25NO3. The lowest BCUT2D eigenvalue weighted by Crippen LogP contribution is -2.33. The van der Waals surface area contributed by atoms with Crippen molar-refractivity contribution >= 4 is 11.0 Å². The van der Waals surface area contributed by atoms with Gasteiger partial charge in [0.15, 0.2) is 0 Å². The molecule has 4 heteroatoms. The minimum atomic E-state index is -0.230. The molecule has 1 saturated heterocycles. The normalized spacial score (nSPS) is 21.3. The number of benzene rings is 1. The Hall–Kier alpha value is -1.81. The average molecular weight is 327 g/mol. The topological polar surface area (TPSA) is 53.7 Å². The number of phenols is 1. The Labute approximate surface area is 142 Å². The van der Waals surface area contributed by atoms with E-state index in [1.54, 1.807) is 0 Å². The van der Waals surface area contributed by atoms with Gasteiger partial charge in [0.25, 0.3) is 0 Å². The van der Waals surface area contributed by atoms with Crippen LogP contribution in [0.25, 0.3) is 11.0 Å². The van der Waals surface area contributed by atoms with Crippen LogP contribution in [0.4, 0.5) is 0 Å². The van der Waals surface area contributed by atoms with Gasteiger partial charge in [-0.25, -0.2) is 4.79 Å². The third-order valence-electron chi connectivity index (χ3n) is 5.68. The fourth-order valence-corrected chi connectivity index (χ4v) is 4.44. The van der Waals surface area contributed by atoms with Crippen LogP contribution in [0.3, 0.4) is 0 Å². The highest BCUT2D eigenvalue weighted by molar-refractivity contribution is 5.90. The maximum Gasteiger partial charge on any atom is 0.339 e. The smallest absolute Gasteiger partial charge is 0.339 e. The number of nitrogens with zero attached hydrogens (tertiary/aromatic N) is 1. The highest BCUT2D eigenvalue weighted by Crippen LogP contribution is 2.38. The molecule has 0 amide bonds. The Kier molecular flexibility index (Phi) is 3.87. The molecule has 1 atom stereocenters. The van der Waals surface area contributed by atoms with E-state index in [0.717, 1.165) is 66.5 Å². The average Bonchev–Trinajstić information content (AvgIpc) is 3.01. The van der Waals surface area contributed by atoms with E-state index >= 15 is 0 Å². The molecule has 1 aromatic heterocycles. The molecule has 1 unspecified atom stereocenters. The molecule has 128 valence electrons. The van der Waals surface area contributed by atoms with Crippen LogP contribution in [0, 0.1) is 12.8 Å². The summed E-state index contributed by atoms with van der Waals surface area (Å²) in [5.41, 5.74) is 4.06. The molecule has 0 bridgehead atoms. The molecule has 1 aliphatic carbocycles. The zero-order valence-electron chi connectivity index (χ0n) is 14.5. The van der Waals surface area contributed by atoms with Crippen LogP contribution in [-0.4, -0.2) is 23.1 Å². The molecule has 24 heavy (non-hydrogen) atoms. The lowest BCUT2D eigenvalue weighted by molar-refractivity contribution is 0.175. The van der Waals surface area contributed by atoms with Crippen LogP contribution in [0.5, 0.6) is 5.75 Å². The molecule has 4 rings (SSSR count). The lowest BCUT2D eigenvalue weighted by atomic mass is 9.96. The monoisotopic (exact) mass is 327 g/mol. The summed E-state index contributed by atoms with van der Waals surface area (Å²) in [6.45, 7) is 7.23. The van der Waals surface area contributed by atoms with Crippen molar-refractivity contribution in [2.75, 3.05) is 13.1 Å². The van der Waals surface area contributed by atoms with E-state index in [9.17, 15) is 9.90 Å². The Morgan fingerprint density at radius 1 is 1.29 bits per heavy atom. The molecule has 1 aliphatic heterocycles. The van der Waals surface area contributed by atoms with E-state index in [0.29, 0.717) is 17.3 Å². The van der Waals surface area contributed by atoms with Gasteiger partial charge in [0, 0.05) is 24.2 Å². The quantitative estimate of drug-likeness (QED) is 0.858. The largest absolute Gasteiger partial charge is 0.507 e. The van der Waals surface area contributed by atoms with Gasteiger partial charge in [-0.1, -0.05) is 6.92 Å². The van der Waals surface area contributed by atoms with Gasteiger partial charge in [0.2, 0.25) is 0 Å². The van der Waals surface area contributed by atoms with E-state index in [1.165, 1.54) is 12.8 Å². The van der Waals surface area contributed by atoms with Gasteiger partial charge >= 0.3 is 5.63 Å². The predicted octanol–water partition coefficient (Wildman–Crippen LogP) is 3.53. The highest BCUT2D eigenvalue weighted by Gasteiger charge is 2.25. The Balaban J connectivity index is 1.82. The molecule has 0 saturated carbocycles. The fraction of sp³-hybridized carbons (Fsp3) is 0.550. The Morgan fingerprint density at radius 3 is 2.88 bits per heavy atom. The first kappa shape index (κ1) is 15.7. The van der Waals surface area contributed by atoms with Crippen molar-refractivity contribution in [1.82, 2.24) is 4.90 Å². The number of fused-ring (bicyclic) bond motifs is 3. The molecule has 1 aromatic carbocycles. The summed E-state index contributed by atoms with van der Waals surface area (Å²) in [6.07, 6.45) is 5.09. The molecular weight excluding hydrogens is 302 g/mol. The van der Waals surface area contributed by atoms with Crippen LogP contribution in [-0.2, 0) is 19.4 Å². The van der Waals surface area contributed by atoms with Gasteiger partial charge in [-0.2, -0.15) is 0 Å². The summed E-state index contributed by atoms with van der Waals surface area (Å²) < 4.78 is 5.50. The fourth-order valence-electron chi connectivity index (χ4n) is 4.44. The van der Waals surface area contributed by atoms with Crippen molar-refractivity contribution < 1.29 is 9.52 Å². The van der Waals surface area contributed by atoms with Crippen molar-refractivity contribution in [2.24, 2.45) is 5.92 Å². The molecule has 0 spiro atoms.